The van der Waals surface area contributed by atoms with Crippen LogP contribution in [-0.2, 0) is 0 Å². The highest BCUT2D eigenvalue weighted by atomic mass is 127. The molecule has 0 spiro atoms. The highest BCUT2D eigenvalue weighted by Crippen LogP contribution is 2.25. The van der Waals surface area contributed by atoms with Crippen LogP contribution in [0, 0.1) is 11.6 Å². The monoisotopic (exact) mass is 558 g/mol. The molecule has 1 unspecified atom stereocenters. The van der Waals surface area contributed by atoms with Gasteiger partial charge in [-0.25, -0.2) is 13.8 Å². The fourth-order valence-electron chi connectivity index (χ4n) is 3.83. The second kappa shape index (κ2) is 12.9. The van der Waals surface area contributed by atoms with Crippen molar-refractivity contribution in [2.75, 3.05) is 45.2 Å². The van der Waals surface area contributed by atoms with Crippen LogP contribution in [0.4, 0.5) is 14.6 Å². The molecule has 3 rings (SSSR count). The number of aromatic nitrogens is 1. The molecule has 0 aliphatic carbocycles. The summed E-state index contributed by atoms with van der Waals surface area (Å²) >= 11 is 0. The lowest BCUT2D eigenvalue weighted by Crippen LogP contribution is -2.49. The molecule has 176 valence electrons. The van der Waals surface area contributed by atoms with Crippen LogP contribution in [-0.4, -0.2) is 62.2 Å². The largest absolute Gasteiger partial charge is 0.357 e. The zero-order chi connectivity index (χ0) is 22.2. The van der Waals surface area contributed by atoms with E-state index >= 15 is 0 Å². The summed E-state index contributed by atoms with van der Waals surface area (Å²) in [5.74, 6) is 0.576. The lowest BCUT2D eigenvalue weighted by atomic mass is 10.0. The average molecular weight is 558 g/mol. The number of likely N-dealkylation sites (N-methyl/N-ethyl adjacent to an activating group) is 1. The van der Waals surface area contributed by atoms with Gasteiger partial charge in [-0.3, -0.25) is 4.99 Å². The lowest BCUT2D eigenvalue weighted by molar-refractivity contribution is 0.290. The summed E-state index contributed by atoms with van der Waals surface area (Å²) in [6.45, 7) is 4.77. The van der Waals surface area contributed by atoms with Crippen LogP contribution < -0.4 is 15.5 Å². The molecule has 2 aromatic rings. The number of benzene rings is 1. The molecule has 1 aliphatic heterocycles. The van der Waals surface area contributed by atoms with Gasteiger partial charge in [-0.05, 0) is 58.1 Å². The van der Waals surface area contributed by atoms with Gasteiger partial charge in [-0.1, -0.05) is 12.1 Å². The van der Waals surface area contributed by atoms with Crippen LogP contribution in [0.25, 0.3) is 0 Å². The fourth-order valence-corrected chi connectivity index (χ4v) is 3.83. The van der Waals surface area contributed by atoms with Gasteiger partial charge >= 0.3 is 0 Å². The summed E-state index contributed by atoms with van der Waals surface area (Å²) < 4.78 is 28.7. The van der Waals surface area contributed by atoms with Crippen LogP contribution in [0.3, 0.4) is 0 Å². The minimum absolute atomic E-state index is 0. The Balaban J connectivity index is 0.00000363. The number of piperidine rings is 1. The Hall–Kier alpha value is -2.01. The predicted molar refractivity (Wildman–Crippen MR) is 137 cm³/mol. The van der Waals surface area contributed by atoms with E-state index in [2.05, 4.69) is 25.5 Å². The summed E-state index contributed by atoms with van der Waals surface area (Å²) in [6, 6.07) is 9.70. The van der Waals surface area contributed by atoms with Crippen molar-refractivity contribution in [1.29, 1.82) is 0 Å². The first-order chi connectivity index (χ1) is 15.0. The quantitative estimate of drug-likeness (QED) is 0.308. The molecule has 1 aromatic carbocycles. The lowest BCUT2D eigenvalue weighted by Gasteiger charge is -2.34. The standard InChI is InChI=1S/C23H32F2N6.HI/c1-4-26-23(28-16-20(30(2)3)22-18(24)8-7-9-19(22)25)29-17-11-14-31(15-12-17)21-10-5-6-13-27-21;/h5-10,13,17,20H,4,11-12,14-16H2,1-3H3,(H2,26,28,29);1H. The van der Waals surface area contributed by atoms with E-state index in [1.54, 1.807) is 19.0 Å². The van der Waals surface area contributed by atoms with Crippen molar-refractivity contribution in [2.24, 2.45) is 4.99 Å². The molecular formula is C23H33F2IN6. The van der Waals surface area contributed by atoms with E-state index in [9.17, 15) is 8.78 Å². The van der Waals surface area contributed by atoms with Crippen molar-refractivity contribution in [2.45, 2.75) is 31.8 Å². The second-order valence-electron chi connectivity index (χ2n) is 7.93. The molecule has 9 heteroatoms. The minimum Gasteiger partial charge on any atom is -0.357 e. The number of aliphatic imine (C=N–C) groups is 1. The van der Waals surface area contributed by atoms with Crippen LogP contribution in [0.1, 0.15) is 31.4 Å². The minimum atomic E-state index is -0.547. The fraction of sp³-hybridized carbons (Fsp3) is 0.478. The molecule has 6 nitrogen and oxygen atoms in total. The summed E-state index contributed by atoms with van der Waals surface area (Å²) in [5.41, 5.74) is 0.0516. The number of nitrogens with zero attached hydrogens (tertiary/aromatic N) is 4. The predicted octanol–water partition coefficient (Wildman–Crippen LogP) is 3.80. The van der Waals surface area contributed by atoms with Gasteiger partial charge in [0.25, 0.3) is 0 Å². The van der Waals surface area contributed by atoms with Gasteiger partial charge in [0.15, 0.2) is 5.96 Å². The molecule has 0 radical (unpaired) electrons. The van der Waals surface area contributed by atoms with Crippen molar-refractivity contribution < 1.29 is 8.78 Å². The maximum absolute atomic E-state index is 14.3. The third kappa shape index (κ3) is 6.99. The van der Waals surface area contributed by atoms with Gasteiger partial charge in [-0.15, -0.1) is 24.0 Å². The number of guanidine groups is 1. The van der Waals surface area contributed by atoms with Crippen LogP contribution in [0.2, 0.25) is 0 Å². The number of hydrogen-bond donors (Lipinski definition) is 2. The topological polar surface area (TPSA) is 55.8 Å². The molecule has 1 aromatic heterocycles. The zero-order valence-corrected chi connectivity index (χ0v) is 21.2. The van der Waals surface area contributed by atoms with E-state index in [1.807, 2.05) is 31.3 Å². The van der Waals surface area contributed by atoms with Gasteiger partial charge in [-0.2, -0.15) is 0 Å². The highest BCUT2D eigenvalue weighted by molar-refractivity contribution is 14.0. The summed E-state index contributed by atoms with van der Waals surface area (Å²) in [7, 11) is 3.61. The summed E-state index contributed by atoms with van der Waals surface area (Å²) in [5, 5.41) is 6.74. The Labute approximate surface area is 206 Å². The zero-order valence-electron chi connectivity index (χ0n) is 18.9. The van der Waals surface area contributed by atoms with E-state index in [0.29, 0.717) is 12.5 Å². The number of rotatable bonds is 7. The van der Waals surface area contributed by atoms with Crippen molar-refractivity contribution >= 4 is 35.8 Å². The number of hydrogen-bond acceptors (Lipinski definition) is 4. The SMILES string of the molecule is CCNC(=NCC(c1c(F)cccc1F)N(C)C)NC1CCN(c2ccccn2)CC1.I. The summed E-state index contributed by atoms with van der Waals surface area (Å²) in [6.07, 6.45) is 3.73. The molecule has 1 atom stereocenters. The van der Waals surface area contributed by atoms with Crippen molar-refractivity contribution in [3.05, 3.63) is 59.8 Å². The van der Waals surface area contributed by atoms with Crippen molar-refractivity contribution in [1.82, 2.24) is 20.5 Å². The van der Waals surface area contributed by atoms with Crippen molar-refractivity contribution in [3.8, 4) is 0 Å². The van der Waals surface area contributed by atoms with Gasteiger partial charge in [0, 0.05) is 37.4 Å². The summed E-state index contributed by atoms with van der Waals surface area (Å²) in [4.78, 5) is 13.2. The average Bonchev–Trinajstić information content (AvgIpc) is 2.76. The van der Waals surface area contributed by atoms with E-state index in [0.717, 1.165) is 31.7 Å². The second-order valence-corrected chi connectivity index (χ2v) is 7.93. The third-order valence-electron chi connectivity index (χ3n) is 5.53. The first kappa shape index (κ1) is 26.2. The molecule has 0 saturated carbocycles. The van der Waals surface area contributed by atoms with Gasteiger partial charge in [0.1, 0.15) is 17.5 Å². The molecule has 1 saturated heterocycles. The maximum Gasteiger partial charge on any atom is 0.191 e. The Bertz CT molecular complexity index is 837. The first-order valence-electron chi connectivity index (χ1n) is 10.8. The number of halogens is 3. The van der Waals surface area contributed by atoms with E-state index in [4.69, 9.17) is 0 Å². The third-order valence-corrected chi connectivity index (χ3v) is 5.53. The van der Waals surface area contributed by atoms with E-state index < -0.39 is 17.7 Å². The molecular weight excluding hydrogens is 525 g/mol. The normalized spacial score (nSPS) is 15.9. The highest BCUT2D eigenvalue weighted by Gasteiger charge is 2.23. The Morgan fingerprint density at radius 1 is 1.16 bits per heavy atom. The molecule has 0 bridgehead atoms. The number of anilines is 1. The van der Waals surface area contributed by atoms with E-state index in [-0.39, 0.29) is 42.1 Å². The van der Waals surface area contributed by atoms with Gasteiger partial charge < -0.3 is 20.4 Å². The molecule has 0 amide bonds. The Morgan fingerprint density at radius 3 is 2.41 bits per heavy atom. The van der Waals surface area contributed by atoms with Crippen LogP contribution in [0.5, 0.6) is 0 Å². The van der Waals surface area contributed by atoms with E-state index in [1.165, 1.54) is 18.2 Å². The molecule has 2 N–H and O–H groups in total. The Kier molecular flexibility index (Phi) is 10.6. The molecule has 2 heterocycles. The molecule has 1 aliphatic rings. The molecule has 32 heavy (non-hydrogen) atoms. The van der Waals surface area contributed by atoms with Crippen LogP contribution in [0.15, 0.2) is 47.6 Å². The number of pyridine rings is 1. The number of nitrogens with one attached hydrogen (secondary N) is 2. The van der Waals surface area contributed by atoms with Crippen LogP contribution >= 0.6 is 24.0 Å². The maximum atomic E-state index is 14.3. The Morgan fingerprint density at radius 2 is 1.84 bits per heavy atom. The van der Waals surface area contributed by atoms with Crippen molar-refractivity contribution in [3.63, 3.8) is 0 Å². The molecule has 1 fully saturated rings. The van der Waals surface area contributed by atoms with Gasteiger partial charge in [0.2, 0.25) is 0 Å². The first-order valence-corrected chi connectivity index (χ1v) is 10.8. The smallest absolute Gasteiger partial charge is 0.191 e. The van der Waals surface area contributed by atoms with Gasteiger partial charge in [0.05, 0.1) is 12.6 Å².